The molecule has 0 saturated heterocycles. The normalized spacial score (nSPS) is 11.8. The van der Waals surface area contributed by atoms with Gasteiger partial charge in [-0.2, -0.15) is 0 Å². The first kappa shape index (κ1) is 20.3. The van der Waals surface area contributed by atoms with Crippen LogP contribution in [0.25, 0.3) is 10.9 Å². The van der Waals surface area contributed by atoms with E-state index in [9.17, 15) is 14.4 Å². The Labute approximate surface area is 168 Å². The Morgan fingerprint density at radius 3 is 2.72 bits per heavy atom. The van der Waals surface area contributed by atoms with Crippen LogP contribution in [-0.4, -0.2) is 27.4 Å². The maximum Gasteiger partial charge on any atom is 0.261 e. The van der Waals surface area contributed by atoms with Gasteiger partial charge in [-0.3, -0.25) is 19.0 Å². The molecule has 0 radical (unpaired) electrons. The Morgan fingerprint density at radius 1 is 1.14 bits per heavy atom. The van der Waals surface area contributed by atoms with Crippen molar-refractivity contribution in [1.82, 2.24) is 20.2 Å². The smallest absolute Gasteiger partial charge is 0.261 e. The Morgan fingerprint density at radius 2 is 1.93 bits per heavy atom. The summed E-state index contributed by atoms with van der Waals surface area (Å²) in [6.45, 7) is 4.10. The molecule has 29 heavy (non-hydrogen) atoms. The van der Waals surface area contributed by atoms with Gasteiger partial charge >= 0.3 is 0 Å². The molecule has 3 rings (SSSR count). The molecule has 2 aromatic carbocycles. The molecule has 3 aromatic rings. The summed E-state index contributed by atoms with van der Waals surface area (Å²) >= 11 is 0. The van der Waals surface area contributed by atoms with E-state index in [2.05, 4.69) is 15.6 Å². The highest BCUT2D eigenvalue weighted by molar-refractivity contribution is 5.94. The number of carbonyl (C=O) groups excluding carboxylic acids is 2. The van der Waals surface area contributed by atoms with Gasteiger partial charge < -0.3 is 10.6 Å². The van der Waals surface area contributed by atoms with Gasteiger partial charge in [0.25, 0.3) is 11.5 Å². The lowest BCUT2D eigenvalue weighted by Gasteiger charge is -2.12. The molecule has 0 bridgehead atoms. The molecule has 0 spiro atoms. The minimum absolute atomic E-state index is 0.0970. The van der Waals surface area contributed by atoms with Gasteiger partial charge in [0.15, 0.2) is 0 Å². The lowest BCUT2D eigenvalue weighted by atomic mass is 10.1. The summed E-state index contributed by atoms with van der Waals surface area (Å²) in [6, 6.07) is 14.2. The number of carbonyl (C=O) groups is 2. The Bertz CT molecular complexity index is 1090. The summed E-state index contributed by atoms with van der Waals surface area (Å²) < 4.78 is 1.29. The molecular weight excluding hydrogens is 368 g/mol. The highest BCUT2D eigenvalue weighted by atomic mass is 16.2. The van der Waals surface area contributed by atoms with Crippen molar-refractivity contribution in [3.05, 3.63) is 76.3 Å². The molecule has 0 saturated carbocycles. The number of nitrogens with zero attached hydrogens (tertiary/aromatic N) is 2. The van der Waals surface area contributed by atoms with Crippen LogP contribution in [0, 0.1) is 0 Å². The van der Waals surface area contributed by atoms with Crippen LogP contribution in [0.15, 0.2) is 59.7 Å². The molecular formula is C22H24N4O3. The highest BCUT2D eigenvalue weighted by Gasteiger charge is 2.10. The molecule has 1 aromatic heterocycles. The number of benzene rings is 2. The van der Waals surface area contributed by atoms with Gasteiger partial charge in [-0.15, -0.1) is 0 Å². The third-order valence-electron chi connectivity index (χ3n) is 4.71. The van der Waals surface area contributed by atoms with Gasteiger partial charge in [0, 0.05) is 18.2 Å². The number of para-hydroxylation sites is 1. The van der Waals surface area contributed by atoms with Gasteiger partial charge in [-0.05, 0) is 43.2 Å². The van der Waals surface area contributed by atoms with E-state index in [0.717, 1.165) is 12.0 Å². The molecule has 1 unspecified atom stereocenters. The van der Waals surface area contributed by atoms with Crippen LogP contribution in [0.1, 0.15) is 36.2 Å². The fourth-order valence-corrected chi connectivity index (χ4v) is 2.86. The predicted octanol–water partition coefficient (Wildman–Crippen LogP) is 2.24. The topological polar surface area (TPSA) is 93.1 Å². The number of amides is 2. The summed E-state index contributed by atoms with van der Waals surface area (Å²) in [4.78, 5) is 41.2. The first-order valence-electron chi connectivity index (χ1n) is 9.58. The SMILES string of the molecule is CCC(C)NC(=O)c1cccc(CNC(=O)Cn2cnc3ccccc3c2=O)c1. The van der Waals surface area contributed by atoms with E-state index in [1.165, 1.54) is 10.9 Å². The van der Waals surface area contributed by atoms with Crippen molar-refractivity contribution < 1.29 is 9.59 Å². The van der Waals surface area contributed by atoms with Gasteiger partial charge in [-0.25, -0.2) is 4.98 Å². The monoisotopic (exact) mass is 392 g/mol. The second kappa shape index (κ2) is 9.14. The summed E-state index contributed by atoms with van der Waals surface area (Å²) in [6.07, 6.45) is 2.23. The van der Waals surface area contributed by atoms with Crippen molar-refractivity contribution >= 4 is 22.7 Å². The molecule has 1 heterocycles. The standard InChI is InChI=1S/C22H24N4O3/c1-3-15(2)25-21(28)17-8-6-7-16(11-17)12-23-20(27)13-26-14-24-19-10-5-4-9-18(19)22(26)29/h4-11,14-15H,3,12-13H2,1-2H3,(H,23,27)(H,25,28). The van der Waals surface area contributed by atoms with Crippen LogP contribution < -0.4 is 16.2 Å². The zero-order chi connectivity index (χ0) is 20.8. The summed E-state index contributed by atoms with van der Waals surface area (Å²) in [7, 11) is 0. The van der Waals surface area contributed by atoms with Crippen LogP contribution >= 0.6 is 0 Å². The Kier molecular flexibility index (Phi) is 6.39. The lowest BCUT2D eigenvalue weighted by Crippen LogP contribution is -2.33. The number of hydrogen-bond acceptors (Lipinski definition) is 4. The minimum atomic E-state index is -0.307. The fourth-order valence-electron chi connectivity index (χ4n) is 2.86. The van der Waals surface area contributed by atoms with Crippen LogP contribution in [0.3, 0.4) is 0 Å². The minimum Gasteiger partial charge on any atom is -0.350 e. The molecule has 0 aliphatic rings. The van der Waals surface area contributed by atoms with Crippen molar-refractivity contribution in [3.63, 3.8) is 0 Å². The van der Waals surface area contributed by atoms with E-state index >= 15 is 0 Å². The fraction of sp³-hybridized carbons (Fsp3) is 0.273. The second-order valence-electron chi connectivity index (χ2n) is 6.95. The molecule has 7 nitrogen and oxygen atoms in total. The molecule has 2 N–H and O–H groups in total. The predicted molar refractivity (Wildman–Crippen MR) is 112 cm³/mol. The summed E-state index contributed by atoms with van der Waals surface area (Å²) in [5.74, 6) is -0.444. The first-order valence-corrected chi connectivity index (χ1v) is 9.58. The third-order valence-corrected chi connectivity index (χ3v) is 4.71. The number of nitrogens with one attached hydrogen (secondary N) is 2. The van der Waals surface area contributed by atoms with Gasteiger partial charge in [0.2, 0.25) is 5.91 Å². The first-order chi connectivity index (χ1) is 14.0. The van der Waals surface area contributed by atoms with Gasteiger partial charge in [-0.1, -0.05) is 31.2 Å². The molecule has 0 fully saturated rings. The van der Waals surface area contributed by atoms with E-state index in [-0.39, 0.29) is 36.5 Å². The number of hydrogen-bond donors (Lipinski definition) is 2. The van der Waals surface area contributed by atoms with Crippen molar-refractivity contribution in [3.8, 4) is 0 Å². The van der Waals surface area contributed by atoms with E-state index in [1.807, 2.05) is 26.0 Å². The maximum atomic E-state index is 12.5. The zero-order valence-corrected chi connectivity index (χ0v) is 16.5. The average Bonchev–Trinajstić information content (AvgIpc) is 2.74. The number of rotatable bonds is 7. The van der Waals surface area contributed by atoms with Gasteiger partial charge in [0.1, 0.15) is 6.54 Å². The third kappa shape index (κ3) is 5.07. The van der Waals surface area contributed by atoms with Crippen LogP contribution in [0.2, 0.25) is 0 Å². The Balaban J connectivity index is 1.63. The van der Waals surface area contributed by atoms with Crippen molar-refractivity contribution in [2.45, 2.75) is 39.4 Å². The summed E-state index contributed by atoms with van der Waals surface area (Å²) in [5, 5.41) is 6.18. The molecule has 0 aliphatic heterocycles. The van der Waals surface area contributed by atoms with Crippen molar-refractivity contribution in [1.29, 1.82) is 0 Å². The molecule has 1 atom stereocenters. The van der Waals surface area contributed by atoms with E-state index in [1.54, 1.807) is 36.4 Å². The molecule has 150 valence electrons. The number of fused-ring (bicyclic) bond motifs is 1. The average molecular weight is 392 g/mol. The van der Waals surface area contributed by atoms with Crippen LogP contribution in [0.5, 0.6) is 0 Å². The highest BCUT2D eigenvalue weighted by Crippen LogP contribution is 2.07. The largest absolute Gasteiger partial charge is 0.350 e. The van der Waals surface area contributed by atoms with Crippen LogP contribution in [-0.2, 0) is 17.9 Å². The molecule has 0 aliphatic carbocycles. The Hall–Kier alpha value is -3.48. The van der Waals surface area contributed by atoms with E-state index in [4.69, 9.17) is 0 Å². The van der Waals surface area contributed by atoms with E-state index < -0.39 is 0 Å². The maximum absolute atomic E-state index is 12.5. The van der Waals surface area contributed by atoms with Gasteiger partial charge in [0.05, 0.1) is 17.2 Å². The lowest BCUT2D eigenvalue weighted by molar-refractivity contribution is -0.121. The van der Waals surface area contributed by atoms with Crippen LogP contribution in [0.4, 0.5) is 0 Å². The zero-order valence-electron chi connectivity index (χ0n) is 16.5. The van der Waals surface area contributed by atoms with Crippen molar-refractivity contribution in [2.75, 3.05) is 0 Å². The quantitative estimate of drug-likeness (QED) is 0.645. The second-order valence-corrected chi connectivity index (χ2v) is 6.95. The molecule has 2 amide bonds. The number of aromatic nitrogens is 2. The van der Waals surface area contributed by atoms with Crippen molar-refractivity contribution in [2.24, 2.45) is 0 Å². The van der Waals surface area contributed by atoms with E-state index in [0.29, 0.717) is 16.5 Å². The summed E-state index contributed by atoms with van der Waals surface area (Å²) in [5.41, 5.74) is 1.70. The molecule has 7 heteroatoms.